The van der Waals surface area contributed by atoms with Crippen molar-refractivity contribution in [2.45, 2.75) is 11.3 Å². The van der Waals surface area contributed by atoms with Gasteiger partial charge in [0.1, 0.15) is 4.90 Å². The Bertz CT molecular complexity index is 868. The van der Waals surface area contributed by atoms with E-state index in [-0.39, 0.29) is 14.9 Å². The van der Waals surface area contributed by atoms with Gasteiger partial charge < -0.3 is 10.0 Å². The van der Waals surface area contributed by atoms with Gasteiger partial charge in [0.25, 0.3) is 0 Å². The minimum Gasteiger partial charge on any atom is -0.505 e. The maximum atomic E-state index is 12.8. The van der Waals surface area contributed by atoms with Crippen LogP contribution < -0.4 is 0 Å². The Morgan fingerprint density at radius 3 is 2.31 bits per heavy atom. The van der Waals surface area contributed by atoms with Crippen molar-refractivity contribution in [1.29, 1.82) is 0 Å². The highest BCUT2D eigenvalue weighted by atomic mass is 35.5. The fourth-order valence-electron chi connectivity index (χ4n) is 3.00. The van der Waals surface area contributed by atoms with Gasteiger partial charge in [-0.05, 0) is 24.1 Å². The average Bonchev–Trinajstić information content (AvgIpc) is 2.64. The molecule has 1 saturated heterocycles. The monoisotopic (exact) mass is 414 g/mol. The molecule has 1 heterocycles. The van der Waals surface area contributed by atoms with E-state index < -0.39 is 15.8 Å². The molecule has 1 fully saturated rings. The second kappa shape index (κ2) is 8.15. The lowest BCUT2D eigenvalue weighted by Gasteiger charge is -2.34. The van der Waals surface area contributed by atoms with Gasteiger partial charge >= 0.3 is 0 Å². The minimum absolute atomic E-state index is 0.0717. The van der Waals surface area contributed by atoms with Crippen molar-refractivity contribution < 1.29 is 13.5 Å². The number of benzene rings is 2. The summed E-state index contributed by atoms with van der Waals surface area (Å²) in [6.45, 7) is 2.88. The van der Waals surface area contributed by atoms with E-state index in [2.05, 4.69) is 17.0 Å². The first kappa shape index (κ1) is 19.5. The molecule has 0 unspecified atom stereocenters. The van der Waals surface area contributed by atoms with Gasteiger partial charge in [-0.2, -0.15) is 4.31 Å². The Kier molecular flexibility index (Phi) is 6.10. The highest BCUT2D eigenvalue weighted by Gasteiger charge is 2.31. The molecule has 0 radical (unpaired) electrons. The summed E-state index contributed by atoms with van der Waals surface area (Å²) in [7, 11) is -3.84. The van der Waals surface area contributed by atoms with Gasteiger partial charge in [0.05, 0.1) is 5.02 Å². The van der Waals surface area contributed by atoms with Gasteiger partial charge in [-0.25, -0.2) is 8.42 Å². The molecular weight excluding hydrogens is 395 g/mol. The molecule has 1 aliphatic rings. The van der Waals surface area contributed by atoms with E-state index >= 15 is 0 Å². The van der Waals surface area contributed by atoms with E-state index in [1.807, 2.05) is 18.2 Å². The molecular formula is C18H20Cl2N2O3S. The average molecular weight is 415 g/mol. The molecule has 5 nitrogen and oxygen atoms in total. The van der Waals surface area contributed by atoms with Gasteiger partial charge in [0.2, 0.25) is 10.0 Å². The summed E-state index contributed by atoms with van der Waals surface area (Å²) in [5, 5.41) is 10.1. The first-order valence-electron chi connectivity index (χ1n) is 8.32. The third kappa shape index (κ3) is 4.32. The topological polar surface area (TPSA) is 60.9 Å². The zero-order valence-electron chi connectivity index (χ0n) is 14.1. The number of aromatic hydroxyl groups is 1. The summed E-state index contributed by atoms with van der Waals surface area (Å²) >= 11 is 11.8. The molecule has 0 saturated carbocycles. The zero-order chi connectivity index (χ0) is 18.7. The Morgan fingerprint density at radius 2 is 1.65 bits per heavy atom. The number of hydrogen-bond donors (Lipinski definition) is 1. The predicted octanol–water partition coefficient (Wildman–Crippen LogP) is 3.25. The van der Waals surface area contributed by atoms with Crippen LogP contribution in [0, 0.1) is 0 Å². The van der Waals surface area contributed by atoms with Crippen LogP contribution in [0.15, 0.2) is 47.4 Å². The Morgan fingerprint density at radius 1 is 1.00 bits per heavy atom. The largest absolute Gasteiger partial charge is 0.505 e. The van der Waals surface area contributed by atoms with Crippen LogP contribution in [0.5, 0.6) is 5.75 Å². The second-order valence-corrected chi connectivity index (χ2v) is 8.97. The number of phenolic OH excluding ortho intramolecular Hbond substituents is 1. The van der Waals surface area contributed by atoms with Crippen LogP contribution in [0.3, 0.4) is 0 Å². The SMILES string of the molecule is O=S(=O)(c1cc(Cl)cc(Cl)c1O)N1CCN(CCc2ccccc2)CC1. The van der Waals surface area contributed by atoms with Crippen LogP contribution in [0.1, 0.15) is 5.56 Å². The third-order valence-electron chi connectivity index (χ3n) is 4.50. The summed E-state index contributed by atoms with van der Waals surface area (Å²) < 4.78 is 27.0. The molecule has 0 spiro atoms. The van der Waals surface area contributed by atoms with Crippen LogP contribution in [-0.2, 0) is 16.4 Å². The molecule has 0 aromatic heterocycles. The molecule has 2 aromatic carbocycles. The summed E-state index contributed by atoms with van der Waals surface area (Å²) in [5.74, 6) is -0.456. The van der Waals surface area contributed by atoms with Crippen LogP contribution >= 0.6 is 23.2 Å². The minimum atomic E-state index is -3.84. The maximum absolute atomic E-state index is 12.8. The lowest BCUT2D eigenvalue weighted by Crippen LogP contribution is -2.49. The highest BCUT2D eigenvalue weighted by molar-refractivity contribution is 7.89. The van der Waals surface area contributed by atoms with Gasteiger partial charge in [0, 0.05) is 37.7 Å². The first-order valence-corrected chi connectivity index (χ1v) is 10.5. The van der Waals surface area contributed by atoms with E-state index in [1.165, 1.54) is 22.0 Å². The normalized spacial score (nSPS) is 16.7. The van der Waals surface area contributed by atoms with E-state index in [1.54, 1.807) is 0 Å². The van der Waals surface area contributed by atoms with Crippen LogP contribution in [0.4, 0.5) is 0 Å². The van der Waals surface area contributed by atoms with Crippen LogP contribution in [0.2, 0.25) is 10.0 Å². The summed E-state index contributed by atoms with van der Waals surface area (Å²) in [6.07, 6.45) is 0.929. The molecule has 0 aliphatic carbocycles. The molecule has 1 aliphatic heterocycles. The fraction of sp³-hybridized carbons (Fsp3) is 0.333. The summed E-state index contributed by atoms with van der Waals surface area (Å²) in [5.41, 5.74) is 1.26. The number of nitrogens with zero attached hydrogens (tertiary/aromatic N) is 2. The lowest BCUT2D eigenvalue weighted by molar-refractivity contribution is 0.190. The second-order valence-electron chi connectivity index (χ2n) is 6.22. The van der Waals surface area contributed by atoms with Crippen molar-refractivity contribution in [2.24, 2.45) is 0 Å². The Labute approximate surface area is 163 Å². The van der Waals surface area contributed by atoms with Gasteiger partial charge in [-0.1, -0.05) is 53.5 Å². The van der Waals surface area contributed by atoms with Gasteiger partial charge in [0.15, 0.2) is 5.75 Å². The highest BCUT2D eigenvalue weighted by Crippen LogP contribution is 2.35. The van der Waals surface area contributed by atoms with Crippen LogP contribution in [-0.4, -0.2) is 55.5 Å². The van der Waals surface area contributed by atoms with E-state index in [0.29, 0.717) is 26.2 Å². The number of halogens is 2. The van der Waals surface area contributed by atoms with Crippen molar-refractivity contribution in [3.05, 3.63) is 58.1 Å². The molecule has 26 heavy (non-hydrogen) atoms. The molecule has 1 N–H and O–H groups in total. The predicted molar refractivity (Wildman–Crippen MR) is 103 cm³/mol. The molecule has 8 heteroatoms. The van der Waals surface area contributed by atoms with Crippen LogP contribution in [0.25, 0.3) is 0 Å². The molecule has 2 aromatic rings. The fourth-order valence-corrected chi connectivity index (χ4v) is 5.17. The van der Waals surface area contributed by atoms with Crippen molar-refractivity contribution in [3.63, 3.8) is 0 Å². The number of piperazine rings is 1. The number of rotatable bonds is 5. The molecule has 0 atom stereocenters. The standard InChI is InChI=1S/C18H20Cl2N2O3S/c19-15-12-16(20)18(23)17(13-15)26(24,25)22-10-8-21(9-11-22)7-6-14-4-2-1-3-5-14/h1-5,12-13,23H,6-11H2. The quantitative estimate of drug-likeness (QED) is 0.815. The molecule has 140 valence electrons. The van der Waals surface area contributed by atoms with Gasteiger partial charge in [-0.15, -0.1) is 0 Å². The Balaban J connectivity index is 1.64. The van der Waals surface area contributed by atoms with E-state index in [0.717, 1.165) is 13.0 Å². The molecule has 3 rings (SSSR count). The van der Waals surface area contributed by atoms with Crippen molar-refractivity contribution >= 4 is 33.2 Å². The molecule has 0 amide bonds. The number of sulfonamides is 1. The Hall–Kier alpha value is -1.31. The number of hydrogen-bond acceptors (Lipinski definition) is 4. The van der Waals surface area contributed by atoms with Crippen molar-refractivity contribution in [1.82, 2.24) is 9.21 Å². The zero-order valence-corrected chi connectivity index (χ0v) is 16.4. The number of phenols is 1. The van der Waals surface area contributed by atoms with Crippen molar-refractivity contribution in [3.8, 4) is 5.75 Å². The first-order chi connectivity index (χ1) is 12.4. The lowest BCUT2D eigenvalue weighted by atomic mass is 10.1. The summed E-state index contributed by atoms with van der Waals surface area (Å²) in [4.78, 5) is 2.00. The maximum Gasteiger partial charge on any atom is 0.246 e. The van der Waals surface area contributed by atoms with Gasteiger partial charge in [-0.3, -0.25) is 0 Å². The van der Waals surface area contributed by atoms with E-state index in [9.17, 15) is 13.5 Å². The third-order valence-corrected chi connectivity index (χ3v) is 6.92. The molecule has 0 bridgehead atoms. The van der Waals surface area contributed by atoms with Crippen molar-refractivity contribution in [2.75, 3.05) is 32.7 Å². The summed E-state index contributed by atoms with van der Waals surface area (Å²) in [6, 6.07) is 12.8. The van der Waals surface area contributed by atoms with E-state index in [4.69, 9.17) is 23.2 Å². The smallest absolute Gasteiger partial charge is 0.246 e.